The Hall–Kier alpha value is -3.09. The van der Waals surface area contributed by atoms with Crippen LogP contribution in [0.5, 0.6) is 0 Å². The Labute approximate surface area is 120 Å². The summed E-state index contributed by atoms with van der Waals surface area (Å²) in [6, 6.07) is 4.74. The Bertz CT molecular complexity index is 716. The quantitative estimate of drug-likeness (QED) is 0.867. The number of hydrogen-bond donors (Lipinski definition) is 1. The van der Waals surface area contributed by atoms with Gasteiger partial charge in [-0.25, -0.2) is 19.3 Å². The lowest BCUT2D eigenvalue weighted by Gasteiger charge is -2.15. The number of pyridine rings is 1. The van der Waals surface area contributed by atoms with Gasteiger partial charge in [0.15, 0.2) is 5.82 Å². The Balaban J connectivity index is 2.51. The van der Waals surface area contributed by atoms with Gasteiger partial charge in [0.1, 0.15) is 11.5 Å². The van der Waals surface area contributed by atoms with E-state index in [9.17, 15) is 9.18 Å². The molecule has 2 N–H and O–H groups in total. The molecule has 2 heterocycles. The van der Waals surface area contributed by atoms with Crippen LogP contribution in [0.25, 0.3) is 11.4 Å². The van der Waals surface area contributed by atoms with E-state index in [-0.39, 0.29) is 23.2 Å². The maximum absolute atomic E-state index is 13.8. The molecule has 0 aliphatic carbocycles. The fourth-order valence-corrected chi connectivity index (χ4v) is 1.64. The average Bonchev–Trinajstić information content (AvgIpc) is 2.50. The summed E-state index contributed by atoms with van der Waals surface area (Å²) >= 11 is 0. The van der Waals surface area contributed by atoms with Crippen molar-refractivity contribution in [2.45, 2.75) is 0 Å². The minimum absolute atomic E-state index is 0.0422. The lowest BCUT2D eigenvalue weighted by molar-refractivity contribution is -0.113. The van der Waals surface area contributed by atoms with E-state index in [2.05, 4.69) is 28.1 Å². The average molecular weight is 285 g/mol. The zero-order valence-corrected chi connectivity index (χ0v) is 11.0. The molecule has 0 bridgehead atoms. The van der Waals surface area contributed by atoms with Crippen LogP contribution in [0.3, 0.4) is 0 Å². The van der Waals surface area contributed by atoms with Crippen LogP contribution in [0.2, 0.25) is 0 Å². The molecule has 0 unspecified atom stereocenters. The van der Waals surface area contributed by atoms with Crippen LogP contribution in [-0.4, -0.2) is 20.9 Å². The molecular formula is C14H12FN5O. The Morgan fingerprint density at radius 3 is 2.76 bits per heavy atom. The van der Waals surface area contributed by atoms with Crippen LogP contribution in [0.15, 0.2) is 49.8 Å². The molecule has 0 saturated heterocycles. The minimum Gasteiger partial charge on any atom is -0.368 e. The van der Waals surface area contributed by atoms with Crippen LogP contribution in [0.1, 0.15) is 0 Å². The summed E-state index contributed by atoms with van der Waals surface area (Å²) in [6.45, 7) is 6.94. The van der Waals surface area contributed by atoms with Gasteiger partial charge < -0.3 is 5.73 Å². The van der Waals surface area contributed by atoms with Gasteiger partial charge in [0.05, 0.1) is 11.9 Å². The number of halogens is 1. The summed E-state index contributed by atoms with van der Waals surface area (Å²) < 4.78 is 13.8. The first-order valence-corrected chi connectivity index (χ1v) is 5.90. The van der Waals surface area contributed by atoms with Gasteiger partial charge in [-0.3, -0.25) is 9.69 Å². The number of nitrogens with two attached hydrogens (primary N) is 1. The van der Waals surface area contributed by atoms with Crippen LogP contribution in [0.4, 0.5) is 16.2 Å². The van der Waals surface area contributed by atoms with E-state index < -0.39 is 11.7 Å². The van der Waals surface area contributed by atoms with Crippen molar-refractivity contribution in [3.8, 4) is 11.4 Å². The number of amides is 1. The zero-order chi connectivity index (χ0) is 15.4. The third-order valence-electron chi connectivity index (χ3n) is 2.58. The van der Waals surface area contributed by atoms with Crippen LogP contribution >= 0.6 is 0 Å². The molecular weight excluding hydrogens is 273 g/mol. The number of hydrogen-bond acceptors (Lipinski definition) is 5. The second-order valence-corrected chi connectivity index (χ2v) is 3.90. The van der Waals surface area contributed by atoms with Crippen LogP contribution in [0, 0.1) is 5.82 Å². The molecule has 2 rings (SSSR count). The second-order valence-electron chi connectivity index (χ2n) is 3.90. The molecule has 21 heavy (non-hydrogen) atoms. The molecule has 106 valence electrons. The maximum Gasteiger partial charge on any atom is 0.255 e. The van der Waals surface area contributed by atoms with E-state index in [0.29, 0.717) is 0 Å². The highest BCUT2D eigenvalue weighted by Crippen LogP contribution is 2.22. The summed E-state index contributed by atoms with van der Waals surface area (Å²) in [4.78, 5) is 24.4. The summed E-state index contributed by atoms with van der Waals surface area (Å²) in [7, 11) is 0. The SMILES string of the molecule is C=CC(=O)N(C=C)c1cccc(-c2nc(N)ncc2F)n1. The molecule has 1 amide bonds. The van der Waals surface area contributed by atoms with E-state index in [4.69, 9.17) is 5.73 Å². The molecule has 0 aliphatic rings. The fraction of sp³-hybridized carbons (Fsp3) is 0. The topological polar surface area (TPSA) is 85.0 Å². The number of aromatic nitrogens is 3. The third-order valence-corrected chi connectivity index (χ3v) is 2.58. The predicted molar refractivity (Wildman–Crippen MR) is 77.5 cm³/mol. The van der Waals surface area contributed by atoms with Crippen LogP contribution in [-0.2, 0) is 4.79 Å². The molecule has 2 aromatic heterocycles. The van der Waals surface area contributed by atoms with Gasteiger partial charge in [-0.1, -0.05) is 19.2 Å². The largest absolute Gasteiger partial charge is 0.368 e. The summed E-state index contributed by atoms with van der Waals surface area (Å²) in [5.74, 6) is -0.864. The molecule has 0 atom stereocenters. The van der Waals surface area contributed by atoms with E-state index >= 15 is 0 Å². The predicted octanol–water partition coefficient (Wildman–Crippen LogP) is 1.92. The number of nitrogens with zero attached hydrogens (tertiary/aromatic N) is 4. The smallest absolute Gasteiger partial charge is 0.255 e. The molecule has 0 fully saturated rings. The van der Waals surface area contributed by atoms with Gasteiger partial charge in [-0.2, -0.15) is 0 Å². The van der Waals surface area contributed by atoms with E-state index in [0.717, 1.165) is 12.3 Å². The van der Waals surface area contributed by atoms with Crippen LogP contribution < -0.4 is 10.6 Å². The first kappa shape index (κ1) is 14.3. The lowest BCUT2D eigenvalue weighted by atomic mass is 10.2. The maximum atomic E-state index is 13.8. The van der Waals surface area contributed by atoms with Crippen molar-refractivity contribution in [2.75, 3.05) is 10.6 Å². The number of carbonyl (C=O) groups excluding carboxylic acids is 1. The third kappa shape index (κ3) is 2.92. The lowest BCUT2D eigenvalue weighted by Crippen LogP contribution is -2.23. The highest BCUT2D eigenvalue weighted by Gasteiger charge is 2.14. The van der Waals surface area contributed by atoms with E-state index in [1.54, 1.807) is 18.2 Å². The van der Waals surface area contributed by atoms with Gasteiger partial charge in [-0.05, 0) is 18.2 Å². The molecule has 0 radical (unpaired) electrons. The Morgan fingerprint density at radius 1 is 1.33 bits per heavy atom. The zero-order valence-electron chi connectivity index (χ0n) is 11.0. The van der Waals surface area contributed by atoms with Gasteiger partial charge in [0.2, 0.25) is 5.95 Å². The highest BCUT2D eigenvalue weighted by atomic mass is 19.1. The summed E-state index contributed by atoms with van der Waals surface area (Å²) in [6.07, 6.45) is 3.38. The first-order chi connectivity index (χ1) is 10.1. The van der Waals surface area contributed by atoms with Crippen molar-refractivity contribution in [2.24, 2.45) is 0 Å². The number of nitrogen functional groups attached to an aromatic ring is 1. The van der Waals surface area contributed by atoms with Crippen molar-refractivity contribution in [3.05, 3.63) is 55.6 Å². The molecule has 7 heteroatoms. The Kier molecular flexibility index (Phi) is 4.03. The standard InChI is InChI=1S/C14H12FN5O/c1-3-12(21)20(4-2)11-7-5-6-10(18-11)13-9(15)8-17-14(16)19-13/h3-8H,1-2H2,(H2,16,17,19). The molecule has 2 aromatic rings. The van der Waals surface area contributed by atoms with Gasteiger partial charge in [0, 0.05) is 6.20 Å². The van der Waals surface area contributed by atoms with Gasteiger partial charge >= 0.3 is 0 Å². The number of rotatable bonds is 4. The molecule has 0 aliphatic heterocycles. The highest BCUT2D eigenvalue weighted by molar-refractivity contribution is 6.01. The van der Waals surface area contributed by atoms with Crippen molar-refractivity contribution in [1.82, 2.24) is 15.0 Å². The van der Waals surface area contributed by atoms with Crippen molar-refractivity contribution in [1.29, 1.82) is 0 Å². The summed E-state index contributed by atoms with van der Waals surface area (Å²) in [5, 5.41) is 0. The van der Waals surface area contributed by atoms with Crippen molar-refractivity contribution >= 4 is 17.7 Å². The van der Waals surface area contributed by atoms with Crippen molar-refractivity contribution < 1.29 is 9.18 Å². The van der Waals surface area contributed by atoms with Gasteiger partial charge in [-0.15, -0.1) is 0 Å². The normalized spacial score (nSPS) is 9.95. The second kappa shape index (κ2) is 5.91. The van der Waals surface area contributed by atoms with Gasteiger partial charge in [0.25, 0.3) is 5.91 Å². The molecule has 0 spiro atoms. The minimum atomic E-state index is -0.658. The van der Waals surface area contributed by atoms with E-state index in [1.165, 1.54) is 11.1 Å². The van der Waals surface area contributed by atoms with E-state index in [1.807, 2.05) is 0 Å². The number of carbonyl (C=O) groups is 1. The Morgan fingerprint density at radius 2 is 2.10 bits per heavy atom. The first-order valence-electron chi connectivity index (χ1n) is 5.90. The number of anilines is 2. The monoisotopic (exact) mass is 285 g/mol. The molecule has 0 aromatic carbocycles. The van der Waals surface area contributed by atoms with Crippen molar-refractivity contribution in [3.63, 3.8) is 0 Å². The molecule has 0 saturated carbocycles. The summed E-state index contributed by atoms with van der Waals surface area (Å²) in [5.41, 5.74) is 5.63. The fourth-order valence-electron chi connectivity index (χ4n) is 1.64. The molecule has 6 nitrogen and oxygen atoms in total.